The van der Waals surface area contributed by atoms with E-state index in [1.807, 2.05) is 37.3 Å². The molecule has 1 heterocycles. The molecule has 1 aliphatic heterocycles. The van der Waals surface area contributed by atoms with Gasteiger partial charge in [-0.3, -0.25) is 14.4 Å². The molecule has 0 radical (unpaired) electrons. The standard InChI is InChI=1S/C18H22N2O4/c1-12(13-5-3-2-4-6-13)20-10-14(9-17(20)22)18(23)24-11-16(21)19-15-7-8-15/h2-6,12,14-15H,7-11H2,1H3,(H,19,21)/t12-,14-/m0/s1. The van der Waals surface area contributed by atoms with E-state index in [4.69, 9.17) is 4.74 Å². The Kier molecular flexibility index (Phi) is 4.83. The molecule has 0 unspecified atom stereocenters. The van der Waals surface area contributed by atoms with Crippen molar-refractivity contribution >= 4 is 17.8 Å². The zero-order chi connectivity index (χ0) is 17.1. The van der Waals surface area contributed by atoms with Crippen molar-refractivity contribution in [3.63, 3.8) is 0 Å². The van der Waals surface area contributed by atoms with Crippen LogP contribution < -0.4 is 5.32 Å². The van der Waals surface area contributed by atoms with Gasteiger partial charge in [0.25, 0.3) is 5.91 Å². The first-order chi connectivity index (χ1) is 11.5. The average molecular weight is 330 g/mol. The highest BCUT2D eigenvalue weighted by Gasteiger charge is 2.38. The van der Waals surface area contributed by atoms with Gasteiger partial charge in [-0.25, -0.2) is 0 Å². The molecule has 0 spiro atoms. The molecule has 128 valence electrons. The van der Waals surface area contributed by atoms with Crippen LogP contribution in [0.1, 0.15) is 37.8 Å². The molecule has 0 bridgehead atoms. The number of nitrogens with zero attached hydrogens (tertiary/aromatic N) is 1. The van der Waals surface area contributed by atoms with Gasteiger partial charge in [0.05, 0.1) is 12.0 Å². The van der Waals surface area contributed by atoms with Gasteiger partial charge in [0.2, 0.25) is 5.91 Å². The maximum atomic E-state index is 12.2. The van der Waals surface area contributed by atoms with Crippen molar-refractivity contribution < 1.29 is 19.1 Å². The third-order valence-corrected chi connectivity index (χ3v) is 4.53. The number of hydrogen-bond acceptors (Lipinski definition) is 4. The Hall–Kier alpha value is -2.37. The number of carbonyl (C=O) groups excluding carboxylic acids is 3. The van der Waals surface area contributed by atoms with E-state index in [-0.39, 0.29) is 36.9 Å². The van der Waals surface area contributed by atoms with Gasteiger partial charge in [0.15, 0.2) is 6.61 Å². The molecule has 1 saturated carbocycles. The summed E-state index contributed by atoms with van der Waals surface area (Å²) in [5, 5.41) is 2.76. The highest BCUT2D eigenvalue weighted by Crippen LogP contribution is 2.29. The Labute approximate surface area is 141 Å². The fourth-order valence-corrected chi connectivity index (χ4v) is 2.93. The highest BCUT2D eigenvalue weighted by atomic mass is 16.5. The SMILES string of the molecule is C[C@@H](c1ccccc1)N1C[C@@H](C(=O)OCC(=O)NC2CC2)CC1=O. The van der Waals surface area contributed by atoms with Crippen LogP contribution in [0.15, 0.2) is 30.3 Å². The van der Waals surface area contributed by atoms with Gasteiger partial charge >= 0.3 is 5.97 Å². The summed E-state index contributed by atoms with van der Waals surface area (Å²) >= 11 is 0. The Morgan fingerprint density at radius 1 is 1.29 bits per heavy atom. The molecule has 6 heteroatoms. The van der Waals surface area contributed by atoms with E-state index in [1.165, 1.54) is 0 Å². The number of nitrogens with one attached hydrogen (secondary N) is 1. The first-order valence-electron chi connectivity index (χ1n) is 8.35. The molecule has 3 rings (SSSR count). The van der Waals surface area contributed by atoms with Crippen molar-refractivity contribution in [2.45, 2.75) is 38.3 Å². The predicted molar refractivity (Wildman–Crippen MR) is 86.8 cm³/mol. The highest BCUT2D eigenvalue weighted by molar-refractivity contribution is 5.88. The van der Waals surface area contributed by atoms with E-state index in [0.29, 0.717) is 6.54 Å². The quantitative estimate of drug-likeness (QED) is 0.801. The lowest BCUT2D eigenvalue weighted by Crippen LogP contribution is -2.32. The second kappa shape index (κ2) is 7.03. The molecule has 1 aliphatic carbocycles. The molecule has 6 nitrogen and oxygen atoms in total. The summed E-state index contributed by atoms with van der Waals surface area (Å²) in [5.41, 5.74) is 1.03. The van der Waals surface area contributed by atoms with Gasteiger partial charge in [-0.15, -0.1) is 0 Å². The first kappa shape index (κ1) is 16.5. The fourth-order valence-electron chi connectivity index (χ4n) is 2.93. The summed E-state index contributed by atoms with van der Waals surface area (Å²) in [6, 6.07) is 9.86. The molecule has 2 atom stereocenters. The molecule has 24 heavy (non-hydrogen) atoms. The lowest BCUT2D eigenvalue weighted by molar-refractivity contribution is -0.152. The van der Waals surface area contributed by atoms with Crippen LogP contribution in [0.4, 0.5) is 0 Å². The van der Waals surface area contributed by atoms with Gasteiger partial charge < -0.3 is 15.0 Å². The Bertz CT molecular complexity index is 627. The number of ether oxygens (including phenoxy) is 1. The van der Waals surface area contributed by atoms with E-state index < -0.39 is 11.9 Å². The van der Waals surface area contributed by atoms with Crippen molar-refractivity contribution in [1.82, 2.24) is 10.2 Å². The van der Waals surface area contributed by atoms with Crippen molar-refractivity contribution in [1.29, 1.82) is 0 Å². The monoisotopic (exact) mass is 330 g/mol. The Morgan fingerprint density at radius 3 is 2.67 bits per heavy atom. The Balaban J connectivity index is 1.51. The van der Waals surface area contributed by atoms with Crippen LogP contribution in [0.5, 0.6) is 0 Å². The molecular formula is C18H22N2O4. The minimum absolute atomic E-state index is 0.0595. The van der Waals surface area contributed by atoms with E-state index in [9.17, 15) is 14.4 Å². The zero-order valence-electron chi connectivity index (χ0n) is 13.7. The normalized spacial score (nSPS) is 21.5. The van der Waals surface area contributed by atoms with E-state index in [1.54, 1.807) is 4.90 Å². The molecule has 0 aromatic heterocycles. The van der Waals surface area contributed by atoms with Gasteiger partial charge in [-0.2, -0.15) is 0 Å². The number of hydrogen-bond donors (Lipinski definition) is 1. The number of benzene rings is 1. The summed E-state index contributed by atoms with van der Waals surface area (Å²) in [6.45, 7) is 2.01. The van der Waals surface area contributed by atoms with Crippen LogP contribution in [0.25, 0.3) is 0 Å². The number of carbonyl (C=O) groups is 3. The van der Waals surface area contributed by atoms with Crippen LogP contribution >= 0.6 is 0 Å². The Morgan fingerprint density at radius 2 is 2.00 bits per heavy atom. The van der Waals surface area contributed by atoms with Crippen LogP contribution in [0, 0.1) is 5.92 Å². The van der Waals surface area contributed by atoms with Gasteiger partial charge in [-0.05, 0) is 25.3 Å². The third kappa shape index (κ3) is 3.93. The van der Waals surface area contributed by atoms with Crippen molar-refractivity contribution in [2.75, 3.05) is 13.2 Å². The minimum atomic E-state index is -0.502. The van der Waals surface area contributed by atoms with Crippen LogP contribution in [0.3, 0.4) is 0 Å². The average Bonchev–Trinajstić information content (AvgIpc) is 3.31. The summed E-state index contributed by atoms with van der Waals surface area (Å²) in [6.07, 6.45) is 2.12. The molecule has 2 aliphatic rings. The van der Waals surface area contributed by atoms with Crippen molar-refractivity contribution in [2.24, 2.45) is 5.92 Å². The van der Waals surface area contributed by atoms with Gasteiger partial charge in [0.1, 0.15) is 0 Å². The topological polar surface area (TPSA) is 75.7 Å². The van der Waals surface area contributed by atoms with Crippen molar-refractivity contribution in [3.8, 4) is 0 Å². The van der Waals surface area contributed by atoms with Crippen LogP contribution in [0.2, 0.25) is 0 Å². The summed E-state index contributed by atoms with van der Waals surface area (Å²) in [4.78, 5) is 37.6. The van der Waals surface area contributed by atoms with Crippen molar-refractivity contribution in [3.05, 3.63) is 35.9 Å². The second-order valence-corrected chi connectivity index (χ2v) is 6.48. The molecule has 2 fully saturated rings. The number of likely N-dealkylation sites (tertiary alicyclic amines) is 1. The van der Waals surface area contributed by atoms with Gasteiger partial charge in [-0.1, -0.05) is 30.3 Å². The second-order valence-electron chi connectivity index (χ2n) is 6.48. The first-order valence-corrected chi connectivity index (χ1v) is 8.35. The summed E-state index contributed by atoms with van der Waals surface area (Å²) in [5.74, 6) is -1.31. The summed E-state index contributed by atoms with van der Waals surface area (Å²) in [7, 11) is 0. The van der Waals surface area contributed by atoms with E-state index in [2.05, 4.69) is 5.32 Å². The lowest BCUT2D eigenvalue weighted by atomic mass is 10.1. The number of rotatable bonds is 6. The molecule has 1 N–H and O–H groups in total. The van der Waals surface area contributed by atoms with Gasteiger partial charge in [0, 0.05) is 19.0 Å². The van der Waals surface area contributed by atoms with Crippen LogP contribution in [-0.4, -0.2) is 41.9 Å². The minimum Gasteiger partial charge on any atom is -0.455 e. The molecule has 1 aromatic carbocycles. The largest absolute Gasteiger partial charge is 0.455 e. The molecule has 2 amide bonds. The van der Waals surface area contributed by atoms with E-state index >= 15 is 0 Å². The molecule has 1 saturated heterocycles. The fraction of sp³-hybridized carbons (Fsp3) is 0.500. The lowest BCUT2D eigenvalue weighted by Gasteiger charge is -2.25. The number of esters is 1. The smallest absolute Gasteiger partial charge is 0.311 e. The summed E-state index contributed by atoms with van der Waals surface area (Å²) < 4.78 is 5.07. The molecule has 1 aromatic rings. The third-order valence-electron chi connectivity index (χ3n) is 4.53. The maximum Gasteiger partial charge on any atom is 0.311 e. The predicted octanol–water partition coefficient (Wildman–Crippen LogP) is 1.42. The van der Waals surface area contributed by atoms with Crippen LogP contribution in [-0.2, 0) is 19.1 Å². The van der Waals surface area contributed by atoms with E-state index in [0.717, 1.165) is 18.4 Å². The zero-order valence-corrected chi connectivity index (χ0v) is 13.7. The number of amides is 2. The maximum absolute atomic E-state index is 12.2. The molecular weight excluding hydrogens is 308 g/mol.